The molecule has 0 spiro atoms. The van der Waals surface area contributed by atoms with E-state index in [-0.39, 0.29) is 18.0 Å². The van der Waals surface area contributed by atoms with Gasteiger partial charge in [0.1, 0.15) is 17.7 Å². The van der Waals surface area contributed by atoms with Gasteiger partial charge in [0.25, 0.3) is 0 Å². The molecule has 1 aromatic carbocycles. The van der Waals surface area contributed by atoms with E-state index < -0.39 is 0 Å². The van der Waals surface area contributed by atoms with Crippen LogP contribution in [0.25, 0.3) is 0 Å². The summed E-state index contributed by atoms with van der Waals surface area (Å²) in [4.78, 5) is 0. The smallest absolute Gasteiger partial charge is 0.124 e. The molecule has 0 fully saturated rings. The maximum absolute atomic E-state index is 13.1. The van der Waals surface area contributed by atoms with Crippen molar-refractivity contribution >= 4 is 0 Å². The van der Waals surface area contributed by atoms with Gasteiger partial charge in [0.15, 0.2) is 0 Å². The number of ether oxygens (including phenoxy) is 1. The molecule has 1 unspecified atom stereocenters. The minimum absolute atomic E-state index is 0.0962. The lowest BCUT2D eigenvalue weighted by molar-refractivity contribution is 0.146. The van der Waals surface area contributed by atoms with E-state index in [1.807, 2.05) is 0 Å². The predicted molar refractivity (Wildman–Crippen MR) is 66.5 cm³/mol. The minimum Gasteiger partial charge on any atom is -0.490 e. The van der Waals surface area contributed by atoms with E-state index in [4.69, 9.17) is 10.5 Å². The number of benzene rings is 1. The Morgan fingerprint density at radius 1 is 1.41 bits per heavy atom. The molecule has 0 aliphatic carbocycles. The van der Waals surface area contributed by atoms with Gasteiger partial charge in [-0.1, -0.05) is 19.8 Å². The highest BCUT2D eigenvalue weighted by Crippen LogP contribution is 2.35. The molecule has 0 amide bonds. The van der Waals surface area contributed by atoms with Crippen LogP contribution < -0.4 is 10.5 Å². The van der Waals surface area contributed by atoms with Gasteiger partial charge >= 0.3 is 0 Å². The molecule has 1 aliphatic rings. The van der Waals surface area contributed by atoms with E-state index in [1.54, 1.807) is 6.07 Å². The normalized spacial score (nSPS) is 23.0. The Hall–Kier alpha value is -1.09. The second-order valence-corrected chi connectivity index (χ2v) is 4.76. The van der Waals surface area contributed by atoms with E-state index >= 15 is 0 Å². The van der Waals surface area contributed by atoms with Crippen molar-refractivity contribution in [3.63, 3.8) is 0 Å². The fraction of sp³-hybridized carbons (Fsp3) is 0.571. The third-order valence-corrected chi connectivity index (χ3v) is 3.31. The van der Waals surface area contributed by atoms with Crippen LogP contribution in [0.15, 0.2) is 18.2 Å². The predicted octanol–water partition coefficient (Wildman–Crippen LogP) is 3.56. The molecule has 0 bridgehead atoms. The number of fused-ring (bicyclic) bond motifs is 1. The first-order valence-corrected chi connectivity index (χ1v) is 6.42. The molecule has 2 rings (SSSR count). The molecule has 3 heteroatoms. The summed E-state index contributed by atoms with van der Waals surface area (Å²) in [5.41, 5.74) is 6.87. The maximum Gasteiger partial charge on any atom is 0.124 e. The molecule has 94 valence electrons. The fourth-order valence-electron chi connectivity index (χ4n) is 2.35. The molecule has 1 aliphatic heterocycles. The van der Waals surface area contributed by atoms with Crippen molar-refractivity contribution in [1.29, 1.82) is 0 Å². The van der Waals surface area contributed by atoms with E-state index in [0.717, 1.165) is 24.2 Å². The summed E-state index contributed by atoms with van der Waals surface area (Å²) in [6, 6.07) is 4.51. The number of nitrogens with two attached hydrogens (primary N) is 1. The standard InChI is InChI=1S/C14H20FNO/c1-2-3-4-5-11-9-13(16)12-8-10(15)6-7-14(12)17-11/h6-8,11,13H,2-5,9,16H2,1H3/t11?,13-/m0/s1. The molecule has 2 N–H and O–H groups in total. The zero-order valence-electron chi connectivity index (χ0n) is 10.3. The fourth-order valence-corrected chi connectivity index (χ4v) is 2.35. The second-order valence-electron chi connectivity index (χ2n) is 4.76. The Kier molecular flexibility index (Phi) is 4.00. The Morgan fingerprint density at radius 3 is 3.00 bits per heavy atom. The molecular weight excluding hydrogens is 217 g/mol. The van der Waals surface area contributed by atoms with Crippen molar-refractivity contribution in [3.05, 3.63) is 29.6 Å². The molecule has 1 aromatic rings. The van der Waals surface area contributed by atoms with Gasteiger partial charge in [-0.2, -0.15) is 0 Å². The Bertz CT molecular complexity index is 380. The van der Waals surface area contributed by atoms with E-state index in [0.29, 0.717) is 0 Å². The largest absolute Gasteiger partial charge is 0.490 e. The first-order valence-electron chi connectivity index (χ1n) is 6.42. The van der Waals surface area contributed by atoms with E-state index in [1.165, 1.54) is 31.4 Å². The molecule has 0 saturated carbocycles. The highest BCUT2D eigenvalue weighted by molar-refractivity contribution is 5.38. The van der Waals surface area contributed by atoms with Gasteiger partial charge in [-0.3, -0.25) is 0 Å². The van der Waals surface area contributed by atoms with Crippen LogP contribution in [-0.2, 0) is 0 Å². The summed E-state index contributed by atoms with van der Waals surface area (Å²) < 4.78 is 19.0. The van der Waals surface area contributed by atoms with Crippen LogP contribution in [0, 0.1) is 5.82 Å². The van der Waals surface area contributed by atoms with E-state index in [9.17, 15) is 4.39 Å². The van der Waals surface area contributed by atoms with Crippen LogP contribution >= 0.6 is 0 Å². The lowest BCUT2D eigenvalue weighted by Crippen LogP contribution is -2.29. The molecule has 0 saturated heterocycles. The third-order valence-electron chi connectivity index (χ3n) is 3.31. The molecule has 2 nitrogen and oxygen atoms in total. The van der Waals surface area contributed by atoms with Crippen molar-refractivity contribution in [2.45, 2.75) is 51.2 Å². The second kappa shape index (κ2) is 5.50. The van der Waals surface area contributed by atoms with Crippen molar-refractivity contribution in [2.75, 3.05) is 0 Å². The molecule has 1 heterocycles. The molecular formula is C14H20FNO. The third kappa shape index (κ3) is 2.97. The first-order chi connectivity index (χ1) is 8.20. The minimum atomic E-state index is -0.243. The number of hydrogen-bond donors (Lipinski definition) is 1. The van der Waals surface area contributed by atoms with Crippen LogP contribution in [0.4, 0.5) is 4.39 Å². The van der Waals surface area contributed by atoms with Gasteiger partial charge in [-0.05, 0) is 31.0 Å². The number of hydrogen-bond acceptors (Lipinski definition) is 2. The summed E-state index contributed by atoms with van der Waals surface area (Å²) in [6.45, 7) is 2.19. The van der Waals surface area contributed by atoms with Crippen molar-refractivity contribution < 1.29 is 9.13 Å². The molecule has 2 atom stereocenters. The van der Waals surface area contributed by atoms with Crippen LogP contribution in [0.2, 0.25) is 0 Å². The number of unbranched alkanes of at least 4 members (excludes halogenated alkanes) is 2. The van der Waals surface area contributed by atoms with Crippen LogP contribution in [-0.4, -0.2) is 6.10 Å². The Morgan fingerprint density at radius 2 is 2.24 bits per heavy atom. The average molecular weight is 237 g/mol. The summed E-state index contributed by atoms with van der Waals surface area (Å²) in [5, 5.41) is 0. The van der Waals surface area contributed by atoms with Crippen LogP contribution in [0.1, 0.15) is 50.6 Å². The zero-order valence-corrected chi connectivity index (χ0v) is 10.3. The number of halogens is 1. The van der Waals surface area contributed by atoms with Crippen molar-refractivity contribution in [1.82, 2.24) is 0 Å². The van der Waals surface area contributed by atoms with Crippen molar-refractivity contribution in [3.8, 4) is 5.75 Å². The topological polar surface area (TPSA) is 35.2 Å². The van der Waals surface area contributed by atoms with Crippen molar-refractivity contribution in [2.24, 2.45) is 5.73 Å². The SMILES string of the molecule is CCCCCC1C[C@H](N)c2cc(F)ccc2O1. The van der Waals surface area contributed by atoms with Gasteiger partial charge in [-0.25, -0.2) is 4.39 Å². The Labute approximate surface area is 102 Å². The quantitative estimate of drug-likeness (QED) is 0.813. The van der Waals surface area contributed by atoms with Gasteiger partial charge in [0, 0.05) is 18.0 Å². The van der Waals surface area contributed by atoms with Gasteiger partial charge in [0.05, 0.1) is 0 Å². The first kappa shape index (κ1) is 12.4. The number of rotatable bonds is 4. The summed E-state index contributed by atoms with van der Waals surface area (Å²) in [6.07, 6.45) is 5.63. The molecule has 0 aromatic heterocycles. The average Bonchev–Trinajstić information content (AvgIpc) is 2.31. The monoisotopic (exact) mass is 237 g/mol. The summed E-state index contributed by atoms with van der Waals surface area (Å²) in [5.74, 6) is 0.513. The van der Waals surface area contributed by atoms with Crippen LogP contribution in [0.5, 0.6) is 5.75 Å². The van der Waals surface area contributed by atoms with Gasteiger partial charge in [-0.15, -0.1) is 0 Å². The zero-order chi connectivity index (χ0) is 12.3. The molecule has 17 heavy (non-hydrogen) atoms. The lowest BCUT2D eigenvalue weighted by Gasteiger charge is -2.30. The molecule has 0 radical (unpaired) electrons. The van der Waals surface area contributed by atoms with E-state index in [2.05, 4.69) is 6.92 Å². The van der Waals surface area contributed by atoms with Gasteiger partial charge in [0.2, 0.25) is 0 Å². The Balaban J connectivity index is 2.03. The highest BCUT2D eigenvalue weighted by Gasteiger charge is 2.25. The lowest BCUT2D eigenvalue weighted by atomic mass is 9.94. The summed E-state index contributed by atoms with van der Waals surface area (Å²) in [7, 11) is 0. The summed E-state index contributed by atoms with van der Waals surface area (Å²) >= 11 is 0. The highest BCUT2D eigenvalue weighted by atomic mass is 19.1. The van der Waals surface area contributed by atoms with Crippen LogP contribution in [0.3, 0.4) is 0 Å². The maximum atomic E-state index is 13.1. The van der Waals surface area contributed by atoms with Gasteiger partial charge < -0.3 is 10.5 Å².